The molecule has 0 aromatic carbocycles. The smallest absolute Gasteiger partial charge is 0.123 e. The van der Waals surface area contributed by atoms with Crippen LogP contribution >= 0.6 is 0 Å². The molecule has 11 heavy (non-hydrogen) atoms. The quantitative estimate of drug-likeness (QED) is 0.591. The Bertz CT molecular complexity index is 258. The number of pyridine rings is 1. The number of hydrogen-bond acceptors (Lipinski definition) is 2. The SMILES string of the molecule is O=C[C@@H]1CC1c1ccncc1. The molecule has 56 valence electrons. The second-order valence-corrected chi connectivity index (χ2v) is 2.92. The molecule has 1 heterocycles. The van der Waals surface area contributed by atoms with Crippen LogP contribution in [0, 0.1) is 5.92 Å². The lowest BCUT2D eigenvalue weighted by Crippen LogP contribution is -1.83. The van der Waals surface area contributed by atoms with E-state index in [4.69, 9.17) is 0 Å². The minimum atomic E-state index is 0.275. The lowest BCUT2D eigenvalue weighted by atomic mass is 10.1. The molecule has 2 heteroatoms. The molecular weight excluding hydrogens is 138 g/mol. The van der Waals surface area contributed by atoms with Crippen LogP contribution in [0.15, 0.2) is 24.5 Å². The summed E-state index contributed by atoms with van der Waals surface area (Å²) >= 11 is 0. The fraction of sp³-hybridized carbons (Fsp3) is 0.333. The van der Waals surface area contributed by atoms with Gasteiger partial charge >= 0.3 is 0 Å². The van der Waals surface area contributed by atoms with Gasteiger partial charge < -0.3 is 4.79 Å². The molecule has 0 aliphatic heterocycles. The van der Waals surface area contributed by atoms with Crippen molar-refractivity contribution in [1.82, 2.24) is 4.98 Å². The largest absolute Gasteiger partial charge is 0.303 e. The van der Waals surface area contributed by atoms with Crippen LogP contribution in [-0.2, 0) is 4.79 Å². The van der Waals surface area contributed by atoms with Gasteiger partial charge in [-0.25, -0.2) is 0 Å². The van der Waals surface area contributed by atoms with Gasteiger partial charge in [-0.1, -0.05) is 0 Å². The zero-order valence-corrected chi connectivity index (χ0v) is 6.10. The first kappa shape index (κ1) is 6.53. The molecule has 0 amide bonds. The summed E-state index contributed by atoms with van der Waals surface area (Å²) in [6, 6.07) is 3.96. The Balaban J connectivity index is 2.14. The molecule has 0 bridgehead atoms. The third-order valence-corrected chi connectivity index (χ3v) is 2.15. The van der Waals surface area contributed by atoms with Crippen molar-refractivity contribution in [3.05, 3.63) is 30.1 Å². The van der Waals surface area contributed by atoms with Gasteiger partial charge in [0.1, 0.15) is 6.29 Å². The normalized spacial score (nSPS) is 28.0. The number of nitrogens with zero attached hydrogens (tertiary/aromatic N) is 1. The monoisotopic (exact) mass is 147 g/mol. The van der Waals surface area contributed by atoms with Gasteiger partial charge in [0.05, 0.1) is 0 Å². The molecule has 1 saturated carbocycles. The third kappa shape index (κ3) is 1.16. The number of carbonyl (C=O) groups is 1. The van der Waals surface area contributed by atoms with Gasteiger partial charge in [0.2, 0.25) is 0 Å². The molecule has 2 nitrogen and oxygen atoms in total. The van der Waals surface area contributed by atoms with Crippen molar-refractivity contribution < 1.29 is 4.79 Å². The summed E-state index contributed by atoms with van der Waals surface area (Å²) in [6.07, 6.45) is 5.61. The maximum absolute atomic E-state index is 10.3. The van der Waals surface area contributed by atoms with E-state index in [1.54, 1.807) is 12.4 Å². The molecule has 1 aliphatic rings. The first-order chi connectivity index (χ1) is 5.42. The average Bonchev–Trinajstić information content (AvgIpc) is 2.85. The van der Waals surface area contributed by atoms with Gasteiger partial charge in [-0.3, -0.25) is 4.98 Å². The van der Waals surface area contributed by atoms with Crippen molar-refractivity contribution in [2.45, 2.75) is 12.3 Å². The van der Waals surface area contributed by atoms with Gasteiger partial charge in [-0.2, -0.15) is 0 Å². The van der Waals surface area contributed by atoms with Crippen LogP contribution in [0.4, 0.5) is 0 Å². The fourth-order valence-corrected chi connectivity index (χ4v) is 1.36. The Labute approximate surface area is 65.3 Å². The molecule has 2 rings (SSSR count). The topological polar surface area (TPSA) is 30.0 Å². The molecule has 0 N–H and O–H groups in total. The van der Waals surface area contributed by atoms with Crippen molar-refractivity contribution in [1.29, 1.82) is 0 Å². The van der Waals surface area contributed by atoms with E-state index in [1.807, 2.05) is 12.1 Å². The van der Waals surface area contributed by atoms with Crippen molar-refractivity contribution in [3.63, 3.8) is 0 Å². The second-order valence-electron chi connectivity index (χ2n) is 2.92. The highest BCUT2D eigenvalue weighted by Crippen LogP contribution is 2.45. The fourth-order valence-electron chi connectivity index (χ4n) is 1.36. The Hall–Kier alpha value is -1.18. The Morgan fingerprint density at radius 1 is 1.45 bits per heavy atom. The van der Waals surface area contributed by atoms with E-state index < -0.39 is 0 Å². The summed E-state index contributed by atoms with van der Waals surface area (Å²) in [7, 11) is 0. The molecule has 1 aromatic heterocycles. The minimum Gasteiger partial charge on any atom is -0.303 e. The predicted molar refractivity (Wildman–Crippen MR) is 41.1 cm³/mol. The number of rotatable bonds is 2. The van der Waals surface area contributed by atoms with E-state index in [0.29, 0.717) is 5.92 Å². The molecule has 2 atom stereocenters. The minimum absolute atomic E-state index is 0.275. The zero-order valence-electron chi connectivity index (χ0n) is 6.10. The molecule has 1 unspecified atom stereocenters. The van der Waals surface area contributed by atoms with Crippen LogP contribution < -0.4 is 0 Å². The van der Waals surface area contributed by atoms with Crippen molar-refractivity contribution >= 4 is 6.29 Å². The van der Waals surface area contributed by atoms with Crippen LogP contribution in [0.1, 0.15) is 17.9 Å². The van der Waals surface area contributed by atoms with E-state index in [9.17, 15) is 4.79 Å². The average molecular weight is 147 g/mol. The summed E-state index contributed by atoms with van der Waals surface area (Å²) < 4.78 is 0. The molecular formula is C9H9NO. The molecule has 0 radical (unpaired) electrons. The second kappa shape index (κ2) is 2.46. The molecule has 1 aromatic rings. The molecule has 1 fully saturated rings. The van der Waals surface area contributed by atoms with Crippen molar-refractivity contribution in [2.24, 2.45) is 5.92 Å². The number of carbonyl (C=O) groups excluding carboxylic acids is 1. The van der Waals surface area contributed by atoms with E-state index in [-0.39, 0.29) is 5.92 Å². The van der Waals surface area contributed by atoms with E-state index in [0.717, 1.165) is 12.7 Å². The van der Waals surface area contributed by atoms with Crippen LogP contribution in [0.25, 0.3) is 0 Å². The highest BCUT2D eigenvalue weighted by atomic mass is 16.1. The molecule has 1 aliphatic carbocycles. The highest BCUT2D eigenvalue weighted by Gasteiger charge is 2.37. The molecule has 0 spiro atoms. The number of hydrogen-bond donors (Lipinski definition) is 0. The summed E-state index contributed by atoms with van der Waals surface area (Å²) in [5.41, 5.74) is 1.25. The summed E-state index contributed by atoms with van der Waals surface area (Å²) in [6.45, 7) is 0. The Morgan fingerprint density at radius 2 is 2.18 bits per heavy atom. The van der Waals surface area contributed by atoms with Crippen molar-refractivity contribution in [3.8, 4) is 0 Å². The standard InChI is InChI=1S/C9H9NO/c11-6-8-5-9(8)7-1-3-10-4-2-7/h1-4,6,8-9H,5H2/t8-,9?/m0/s1. The van der Waals surface area contributed by atoms with Crippen LogP contribution in [0.2, 0.25) is 0 Å². The maximum Gasteiger partial charge on any atom is 0.123 e. The van der Waals surface area contributed by atoms with Gasteiger partial charge in [0.15, 0.2) is 0 Å². The first-order valence-corrected chi connectivity index (χ1v) is 3.77. The lowest BCUT2D eigenvalue weighted by molar-refractivity contribution is -0.108. The molecule has 0 saturated heterocycles. The zero-order chi connectivity index (χ0) is 7.68. The van der Waals surface area contributed by atoms with Crippen LogP contribution in [0.5, 0.6) is 0 Å². The maximum atomic E-state index is 10.3. The third-order valence-electron chi connectivity index (χ3n) is 2.15. The van der Waals surface area contributed by atoms with E-state index in [2.05, 4.69) is 4.98 Å². The number of aldehydes is 1. The Morgan fingerprint density at radius 3 is 2.73 bits per heavy atom. The van der Waals surface area contributed by atoms with Gasteiger partial charge in [-0.05, 0) is 30.0 Å². The van der Waals surface area contributed by atoms with Gasteiger partial charge in [0.25, 0.3) is 0 Å². The highest BCUT2D eigenvalue weighted by molar-refractivity contribution is 5.61. The van der Waals surface area contributed by atoms with Crippen LogP contribution in [0.3, 0.4) is 0 Å². The number of aromatic nitrogens is 1. The summed E-state index contributed by atoms with van der Waals surface area (Å²) in [4.78, 5) is 14.3. The summed E-state index contributed by atoms with van der Waals surface area (Å²) in [5.74, 6) is 0.757. The van der Waals surface area contributed by atoms with Crippen LogP contribution in [-0.4, -0.2) is 11.3 Å². The van der Waals surface area contributed by atoms with E-state index in [1.165, 1.54) is 5.56 Å². The predicted octanol–water partition coefficient (Wildman–Crippen LogP) is 1.38. The lowest BCUT2D eigenvalue weighted by Gasteiger charge is -1.93. The first-order valence-electron chi connectivity index (χ1n) is 3.77. The summed E-state index contributed by atoms with van der Waals surface area (Å²) in [5, 5.41) is 0. The Kier molecular flexibility index (Phi) is 1.46. The van der Waals surface area contributed by atoms with Gasteiger partial charge in [-0.15, -0.1) is 0 Å². The van der Waals surface area contributed by atoms with Gasteiger partial charge in [0, 0.05) is 18.3 Å². The van der Waals surface area contributed by atoms with E-state index >= 15 is 0 Å². The van der Waals surface area contributed by atoms with Crippen molar-refractivity contribution in [2.75, 3.05) is 0 Å².